The van der Waals surface area contributed by atoms with Crippen LogP contribution in [0.25, 0.3) is 5.65 Å². The van der Waals surface area contributed by atoms with E-state index in [-0.39, 0.29) is 30.1 Å². The van der Waals surface area contributed by atoms with Gasteiger partial charge in [0.25, 0.3) is 0 Å². The Balaban J connectivity index is 1.51. The number of carboxylic acids is 1. The summed E-state index contributed by atoms with van der Waals surface area (Å²) in [7, 11) is -3.92. The van der Waals surface area contributed by atoms with Crippen LogP contribution in [-0.2, 0) is 27.5 Å². The number of rotatable bonds is 10. The van der Waals surface area contributed by atoms with Crippen molar-refractivity contribution in [1.29, 1.82) is 0 Å². The number of pyridine rings is 2. The maximum atomic E-state index is 13.9. The second-order valence-corrected chi connectivity index (χ2v) is 13.2. The average molecular weight is 645 g/mol. The Bertz CT molecular complexity index is 1830. The molecular weight excluding hydrogens is 609 g/mol. The highest BCUT2D eigenvalue weighted by atomic mass is 32.2. The number of hydrogen-bond acceptors (Lipinski definition) is 7. The van der Waals surface area contributed by atoms with E-state index in [1.807, 2.05) is 17.9 Å². The minimum absolute atomic E-state index is 0.0195. The lowest BCUT2D eigenvalue weighted by molar-refractivity contribution is -0.145. The Kier molecular flexibility index (Phi) is 9.17. The monoisotopic (exact) mass is 644 g/mol. The van der Waals surface area contributed by atoms with E-state index >= 15 is 0 Å². The zero-order valence-corrected chi connectivity index (χ0v) is 26.1. The van der Waals surface area contributed by atoms with Crippen LogP contribution >= 0.6 is 0 Å². The molecule has 5 rings (SSSR count). The lowest BCUT2D eigenvalue weighted by Gasteiger charge is -2.24. The lowest BCUT2D eigenvalue weighted by Crippen LogP contribution is -2.35. The SMILES string of the molecule is CCCCCN1CCN(Cc2cc(C(CC(=O)O)c3ccn4c(C(F)(F)F)nnc4c3C)ccc2C)S(=O)(=O)c2cccnc21. The molecule has 3 aromatic heterocycles. The van der Waals surface area contributed by atoms with E-state index in [0.29, 0.717) is 41.2 Å². The Morgan fingerprint density at radius 2 is 1.87 bits per heavy atom. The first-order valence-corrected chi connectivity index (χ1v) is 16.2. The van der Waals surface area contributed by atoms with E-state index in [2.05, 4.69) is 22.1 Å². The first kappa shape index (κ1) is 32.4. The predicted octanol–water partition coefficient (Wildman–Crippen LogP) is 5.57. The smallest absolute Gasteiger partial charge is 0.452 e. The van der Waals surface area contributed by atoms with Crippen molar-refractivity contribution in [1.82, 2.24) is 23.9 Å². The van der Waals surface area contributed by atoms with Crippen molar-refractivity contribution in [3.63, 3.8) is 0 Å². The molecule has 10 nitrogen and oxygen atoms in total. The molecule has 45 heavy (non-hydrogen) atoms. The van der Waals surface area contributed by atoms with Gasteiger partial charge in [-0.05, 0) is 66.3 Å². The predicted molar refractivity (Wildman–Crippen MR) is 162 cm³/mol. The number of alkyl halides is 3. The highest BCUT2D eigenvalue weighted by molar-refractivity contribution is 7.89. The van der Waals surface area contributed by atoms with E-state index < -0.39 is 33.9 Å². The summed E-state index contributed by atoms with van der Waals surface area (Å²) < 4.78 is 70.5. The fraction of sp³-hybridized carbons (Fsp3) is 0.419. The Hall–Kier alpha value is -4.04. The van der Waals surface area contributed by atoms with Crippen molar-refractivity contribution >= 4 is 27.5 Å². The van der Waals surface area contributed by atoms with Gasteiger partial charge in [0.15, 0.2) is 5.65 Å². The van der Waals surface area contributed by atoms with Crippen molar-refractivity contribution in [2.45, 2.75) is 70.0 Å². The van der Waals surface area contributed by atoms with Gasteiger partial charge in [0.05, 0.1) is 6.42 Å². The van der Waals surface area contributed by atoms with Gasteiger partial charge in [0, 0.05) is 44.5 Å². The third-order valence-corrected chi connectivity index (χ3v) is 10.2. The maximum Gasteiger partial charge on any atom is 0.452 e. The van der Waals surface area contributed by atoms with E-state index in [9.17, 15) is 31.5 Å². The quantitative estimate of drug-likeness (QED) is 0.223. The number of halogens is 3. The van der Waals surface area contributed by atoms with Crippen molar-refractivity contribution in [2.24, 2.45) is 0 Å². The molecule has 14 heteroatoms. The molecule has 1 unspecified atom stereocenters. The number of carboxylic acid groups (broad SMARTS) is 1. The molecule has 0 fully saturated rings. The molecule has 0 spiro atoms. The van der Waals surface area contributed by atoms with Gasteiger partial charge in [-0.3, -0.25) is 9.20 Å². The summed E-state index contributed by atoms with van der Waals surface area (Å²) in [4.78, 5) is 18.6. The Morgan fingerprint density at radius 3 is 2.58 bits per heavy atom. The molecule has 240 valence electrons. The fourth-order valence-electron chi connectivity index (χ4n) is 5.87. The first-order valence-electron chi connectivity index (χ1n) is 14.8. The lowest BCUT2D eigenvalue weighted by atomic mass is 9.85. The zero-order chi connectivity index (χ0) is 32.5. The largest absolute Gasteiger partial charge is 0.481 e. The van der Waals surface area contributed by atoms with Gasteiger partial charge in [-0.2, -0.15) is 17.5 Å². The third kappa shape index (κ3) is 6.52. The molecule has 1 aliphatic heterocycles. The zero-order valence-electron chi connectivity index (χ0n) is 25.3. The molecule has 0 amide bonds. The van der Waals surface area contributed by atoms with E-state index in [1.54, 1.807) is 37.4 Å². The van der Waals surface area contributed by atoms with Gasteiger partial charge in [-0.1, -0.05) is 38.0 Å². The molecule has 0 saturated carbocycles. The molecule has 0 radical (unpaired) electrons. The van der Waals surface area contributed by atoms with Gasteiger partial charge in [0.2, 0.25) is 15.8 Å². The molecule has 0 saturated heterocycles. The summed E-state index contributed by atoms with van der Waals surface area (Å²) >= 11 is 0. The summed E-state index contributed by atoms with van der Waals surface area (Å²) in [6, 6.07) is 10.0. The number of nitrogens with zero attached hydrogens (tertiary/aromatic N) is 6. The average Bonchev–Trinajstić information content (AvgIpc) is 3.40. The normalized spacial score (nSPS) is 16.0. The van der Waals surface area contributed by atoms with Gasteiger partial charge in [-0.15, -0.1) is 10.2 Å². The second-order valence-electron chi connectivity index (χ2n) is 11.3. The number of aryl methyl sites for hydroxylation is 2. The maximum absolute atomic E-state index is 13.9. The summed E-state index contributed by atoms with van der Waals surface area (Å²) in [5, 5.41) is 16.9. The molecule has 1 N–H and O–H groups in total. The van der Waals surface area contributed by atoms with Crippen LogP contribution in [0.3, 0.4) is 0 Å². The van der Waals surface area contributed by atoms with E-state index in [4.69, 9.17) is 0 Å². The van der Waals surface area contributed by atoms with Crippen LogP contribution in [-0.4, -0.2) is 63.0 Å². The fourth-order valence-corrected chi connectivity index (χ4v) is 7.44. The van der Waals surface area contributed by atoms with Crippen LogP contribution in [0, 0.1) is 13.8 Å². The molecule has 0 aliphatic carbocycles. The topological polar surface area (TPSA) is 121 Å². The molecule has 1 aliphatic rings. The van der Waals surface area contributed by atoms with Crippen LogP contribution in [0.5, 0.6) is 0 Å². The highest BCUT2D eigenvalue weighted by Crippen LogP contribution is 2.36. The van der Waals surface area contributed by atoms with Crippen LogP contribution < -0.4 is 4.90 Å². The van der Waals surface area contributed by atoms with Gasteiger partial charge in [0.1, 0.15) is 10.7 Å². The number of hydrogen-bond donors (Lipinski definition) is 1. The van der Waals surface area contributed by atoms with Crippen molar-refractivity contribution in [3.8, 4) is 0 Å². The molecule has 4 heterocycles. The Morgan fingerprint density at radius 1 is 1.09 bits per heavy atom. The van der Waals surface area contributed by atoms with Gasteiger partial charge in [-0.25, -0.2) is 13.4 Å². The number of anilines is 1. The number of unbranched alkanes of at least 4 members (excludes halogenated alkanes) is 2. The van der Waals surface area contributed by atoms with E-state index in [1.165, 1.54) is 16.6 Å². The van der Waals surface area contributed by atoms with Crippen LogP contribution in [0.2, 0.25) is 0 Å². The second kappa shape index (κ2) is 12.8. The Labute approximate surface area is 259 Å². The van der Waals surface area contributed by atoms with Crippen molar-refractivity contribution < 1.29 is 31.5 Å². The van der Waals surface area contributed by atoms with Crippen LogP contribution in [0.15, 0.2) is 53.7 Å². The minimum Gasteiger partial charge on any atom is -0.481 e. The third-order valence-electron chi connectivity index (χ3n) is 8.32. The summed E-state index contributed by atoms with van der Waals surface area (Å²) in [6.45, 7) is 6.99. The standard InChI is InChI=1S/C31H35F3N6O4S/c1-4-5-6-13-38-15-16-39(45(43,44)26-8-7-12-35-29(26)38)19-23-17-22(10-9-20(23)2)25(18-27(41)42)24-11-14-40-28(21(24)3)36-37-30(40)31(32,33)34/h7-12,14,17,25H,4-6,13,15-16,18-19H2,1-3H3,(H,41,42). The van der Waals surface area contributed by atoms with Gasteiger partial charge >= 0.3 is 12.1 Å². The molecule has 1 aromatic carbocycles. The van der Waals surface area contributed by atoms with Crippen molar-refractivity contribution in [2.75, 3.05) is 24.5 Å². The van der Waals surface area contributed by atoms with Crippen LogP contribution in [0.4, 0.5) is 19.0 Å². The number of benzene rings is 1. The molecular formula is C31H35F3N6O4S. The summed E-state index contributed by atoms with van der Waals surface area (Å²) in [6.07, 6.45) is 0.709. The number of carbonyl (C=O) groups is 1. The van der Waals surface area contributed by atoms with E-state index in [0.717, 1.165) is 29.2 Å². The highest BCUT2D eigenvalue weighted by Gasteiger charge is 2.38. The van der Waals surface area contributed by atoms with Gasteiger partial charge < -0.3 is 10.0 Å². The summed E-state index contributed by atoms with van der Waals surface area (Å²) in [5.74, 6) is -2.56. The number of fused-ring (bicyclic) bond motifs is 2. The number of aliphatic carboxylic acids is 1. The molecule has 1 atom stereocenters. The first-order chi connectivity index (χ1) is 21.3. The minimum atomic E-state index is -4.71. The van der Waals surface area contributed by atoms with Crippen LogP contribution in [0.1, 0.15) is 72.2 Å². The number of aromatic nitrogens is 4. The van der Waals surface area contributed by atoms with Crippen molar-refractivity contribution in [3.05, 3.63) is 82.4 Å². The molecule has 4 aromatic rings. The summed E-state index contributed by atoms with van der Waals surface area (Å²) in [5.41, 5.74) is 2.95. The number of sulfonamides is 1. The molecule has 0 bridgehead atoms.